The van der Waals surface area contributed by atoms with Crippen LogP contribution in [0, 0.1) is 18.3 Å². The van der Waals surface area contributed by atoms with Gasteiger partial charge in [0.15, 0.2) is 0 Å². The summed E-state index contributed by atoms with van der Waals surface area (Å²) in [4.78, 5) is 0. The molecule has 0 saturated heterocycles. The molecule has 2 N–H and O–H groups in total. The van der Waals surface area contributed by atoms with E-state index in [0.717, 1.165) is 5.56 Å². The molecule has 5 heteroatoms. The largest absolute Gasteiger partial charge is 0.289 e. The first-order valence-electron chi connectivity index (χ1n) is 3.52. The number of anilines is 1. The van der Waals surface area contributed by atoms with Crippen molar-refractivity contribution >= 4 is 17.0 Å². The molecule has 0 bridgehead atoms. The lowest BCUT2D eigenvalue weighted by Gasteiger charge is -2.03. The Balaban J connectivity index is 3.08. The summed E-state index contributed by atoms with van der Waals surface area (Å²) in [5.74, 6) is 0. The Bertz CT molecular complexity index is 384. The summed E-state index contributed by atoms with van der Waals surface area (Å²) < 4.78 is 21.2. The number of nitrogens with one attached hydrogen (secondary N) is 1. The van der Waals surface area contributed by atoms with Crippen molar-refractivity contribution in [2.24, 2.45) is 0 Å². The van der Waals surface area contributed by atoms with E-state index in [4.69, 9.17) is 9.81 Å². The number of nitrogens with zero attached hydrogens (tertiary/aromatic N) is 1. The Morgan fingerprint density at radius 1 is 1.62 bits per heavy atom. The predicted octanol–water partition coefficient (Wildman–Crippen LogP) is 1.42. The first-order valence-corrected chi connectivity index (χ1v) is 4.62. The average Bonchev–Trinajstić information content (AvgIpc) is 2.07. The minimum absolute atomic E-state index is 0.363. The third-order valence-electron chi connectivity index (χ3n) is 1.49. The van der Waals surface area contributed by atoms with Crippen molar-refractivity contribution < 1.29 is 8.76 Å². The summed E-state index contributed by atoms with van der Waals surface area (Å²) in [6.07, 6.45) is 0. The van der Waals surface area contributed by atoms with Gasteiger partial charge in [0, 0.05) is 0 Å². The standard InChI is InChI=1S/C8H8N2O2S/c1-6-2-3-8(10-13(11)12)7(4-6)5-9/h2-4,10H,1H3,(H,11,12). The van der Waals surface area contributed by atoms with Crippen LogP contribution in [0.15, 0.2) is 18.2 Å². The Morgan fingerprint density at radius 2 is 2.31 bits per heavy atom. The molecule has 0 fully saturated rings. The van der Waals surface area contributed by atoms with Gasteiger partial charge in [-0.3, -0.25) is 9.27 Å². The van der Waals surface area contributed by atoms with Crippen LogP contribution in [0.5, 0.6) is 0 Å². The lowest BCUT2D eigenvalue weighted by molar-refractivity contribution is 0.570. The zero-order valence-corrected chi connectivity index (χ0v) is 7.76. The first kappa shape index (κ1) is 9.71. The van der Waals surface area contributed by atoms with Crippen molar-refractivity contribution in [1.82, 2.24) is 0 Å². The van der Waals surface area contributed by atoms with Crippen molar-refractivity contribution in [3.05, 3.63) is 29.3 Å². The molecule has 0 radical (unpaired) electrons. The van der Waals surface area contributed by atoms with E-state index in [-0.39, 0.29) is 0 Å². The maximum Gasteiger partial charge on any atom is 0.259 e. The molecule has 0 aliphatic rings. The smallest absolute Gasteiger partial charge is 0.259 e. The molecule has 0 amide bonds. The van der Waals surface area contributed by atoms with Crippen molar-refractivity contribution in [2.75, 3.05) is 4.72 Å². The van der Waals surface area contributed by atoms with Gasteiger partial charge in [-0.05, 0) is 24.6 Å². The monoisotopic (exact) mass is 196 g/mol. The van der Waals surface area contributed by atoms with Crippen molar-refractivity contribution in [3.8, 4) is 6.07 Å². The molecule has 0 aliphatic carbocycles. The van der Waals surface area contributed by atoms with E-state index in [0.29, 0.717) is 11.3 Å². The molecule has 1 rings (SSSR count). The SMILES string of the molecule is Cc1ccc(NS(=O)O)c(C#N)c1. The number of benzene rings is 1. The van der Waals surface area contributed by atoms with Gasteiger partial charge in [-0.1, -0.05) is 6.07 Å². The number of hydrogen-bond donors (Lipinski definition) is 2. The van der Waals surface area contributed by atoms with Crippen LogP contribution in [0.1, 0.15) is 11.1 Å². The van der Waals surface area contributed by atoms with Crippen molar-refractivity contribution in [1.29, 1.82) is 5.26 Å². The third kappa shape index (κ3) is 2.54. The minimum atomic E-state index is -2.14. The van der Waals surface area contributed by atoms with Crippen LogP contribution in [0.25, 0.3) is 0 Å². The molecule has 0 heterocycles. The number of aryl methyl sites for hydroxylation is 1. The van der Waals surface area contributed by atoms with Gasteiger partial charge in [-0.15, -0.1) is 0 Å². The molecule has 1 aromatic carbocycles. The Morgan fingerprint density at radius 3 is 2.85 bits per heavy atom. The zero-order valence-electron chi connectivity index (χ0n) is 6.94. The maximum atomic E-state index is 10.4. The highest BCUT2D eigenvalue weighted by atomic mass is 32.2. The highest BCUT2D eigenvalue weighted by molar-refractivity contribution is 7.80. The average molecular weight is 196 g/mol. The number of nitriles is 1. The van der Waals surface area contributed by atoms with Crippen molar-refractivity contribution in [3.63, 3.8) is 0 Å². The molecule has 0 spiro atoms. The van der Waals surface area contributed by atoms with E-state index in [9.17, 15) is 4.21 Å². The Labute approximate surface area is 78.6 Å². The van der Waals surface area contributed by atoms with Crippen LogP contribution in [-0.2, 0) is 11.3 Å². The van der Waals surface area contributed by atoms with Gasteiger partial charge >= 0.3 is 0 Å². The van der Waals surface area contributed by atoms with E-state index < -0.39 is 11.3 Å². The molecule has 1 unspecified atom stereocenters. The molecule has 4 nitrogen and oxygen atoms in total. The van der Waals surface area contributed by atoms with Gasteiger partial charge in [0.2, 0.25) is 0 Å². The molecule has 68 valence electrons. The molecule has 1 atom stereocenters. The van der Waals surface area contributed by atoms with Gasteiger partial charge in [-0.2, -0.15) is 5.26 Å². The van der Waals surface area contributed by atoms with E-state index in [1.807, 2.05) is 13.0 Å². The molecule has 1 aromatic rings. The second-order valence-corrected chi connectivity index (χ2v) is 3.21. The topological polar surface area (TPSA) is 73.1 Å². The minimum Gasteiger partial charge on any atom is -0.289 e. The van der Waals surface area contributed by atoms with E-state index >= 15 is 0 Å². The van der Waals surface area contributed by atoms with Gasteiger partial charge in [0.05, 0.1) is 11.3 Å². The Kier molecular flexibility index (Phi) is 3.01. The van der Waals surface area contributed by atoms with Crippen LogP contribution in [-0.4, -0.2) is 8.76 Å². The summed E-state index contributed by atoms with van der Waals surface area (Å²) in [6.45, 7) is 1.85. The summed E-state index contributed by atoms with van der Waals surface area (Å²) in [7, 11) is 0. The Hall–Kier alpha value is -1.38. The maximum absolute atomic E-state index is 10.4. The lowest BCUT2D eigenvalue weighted by Crippen LogP contribution is -2.03. The summed E-state index contributed by atoms with van der Waals surface area (Å²) in [5, 5.41) is 8.69. The molecule has 0 saturated carbocycles. The van der Waals surface area contributed by atoms with Crippen LogP contribution in [0.3, 0.4) is 0 Å². The fraction of sp³-hybridized carbons (Fsp3) is 0.125. The quantitative estimate of drug-likeness (QED) is 0.702. The van der Waals surface area contributed by atoms with Crippen LogP contribution in [0.2, 0.25) is 0 Å². The van der Waals surface area contributed by atoms with E-state index in [1.54, 1.807) is 18.2 Å². The fourth-order valence-electron chi connectivity index (χ4n) is 0.934. The van der Waals surface area contributed by atoms with Gasteiger partial charge in [0.25, 0.3) is 11.3 Å². The number of hydrogen-bond acceptors (Lipinski definition) is 2. The normalized spacial score (nSPS) is 11.8. The molecular formula is C8H8N2O2S. The third-order valence-corrected chi connectivity index (χ3v) is 1.89. The summed E-state index contributed by atoms with van der Waals surface area (Å²) in [6, 6.07) is 6.94. The predicted molar refractivity (Wildman–Crippen MR) is 50.3 cm³/mol. The first-order chi connectivity index (χ1) is 6.13. The number of rotatable bonds is 2. The van der Waals surface area contributed by atoms with Gasteiger partial charge < -0.3 is 0 Å². The molecule has 13 heavy (non-hydrogen) atoms. The summed E-state index contributed by atoms with van der Waals surface area (Å²) in [5.41, 5.74) is 1.67. The van der Waals surface area contributed by atoms with Crippen molar-refractivity contribution in [2.45, 2.75) is 6.92 Å². The van der Waals surface area contributed by atoms with E-state index in [2.05, 4.69) is 4.72 Å². The van der Waals surface area contributed by atoms with Crippen LogP contribution >= 0.6 is 0 Å². The fourth-order valence-corrected chi connectivity index (χ4v) is 1.30. The summed E-state index contributed by atoms with van der Waals surface area (Å²) >= 11 is -2.14. The zero-order chi connectivity index (χ0) is 9.84. The highest BCUT2D eigenvalue weighted by Crippen LogP contribution is 2.16. The van der Waals surface area contributed by atoms with Crippen LogP contribution < -0.4 is 4.72 Å². The molecule has 0 aliphatic heterocycles. The second-order valence-electron chi connectivity index (χ2n) is 2.51. The van der Waals surface area contributed by atoms with Gasteiger partial charge in [0.1, 0.15) is 6.07 Å². The highest BCUT2D eigenvalue weighted by Gasteiger charge is 2.02. The van der Waals surface area contributed by atoms with Gasteiger partial charge in [-0.25, -0.2) is 4.21 Å². The lowest BCUT2D eigenvalue weighted by atomic mass is 10.1. The van der Waals surface area contributed by atoms with Crippen LogP contribution in [0.4, 0.5) is 5.69 Å². The second kappa shape index (κ2) is 4.03. The molecule has 0 aromatic heterocycles. The molecular weight excluding hydrogens is 188 g/mol. The van der Waals surface area contributed by atoms with E-state index in [1.165, 1.54) is 0 Å².